The minimum atomic E-state index is -3.34. The number of rotatable bonds is 4. The summed E-state index contributed by atoms with van der Waals surface area (Å²) in [6.07, 6.45) is 1.30. The summed E-state index contributed by atoms with van der Waals surface area (Å²) in [7, 11) is 1.73. The SMILES string of the molecule is Cc1nn(C)c2ncc(C(=O)NCC(F)(F)CO)cc12. The number of amides is 1. The topological polar surface area (TPSA) is 80.0 Å². The highest BCUT2D eigenvalue weighted by Crippen LogP contribution is 2.17. The molecule has 1 amide bonds. The minimum Gasteiger partial charge on any atom is -0.390 e. The standard InChI is InChI=1S/C12H14F2N4O2/c1-7-9-3-8(4-15-10(9)18(2)17-7)11(20)16-5-12(13,14)6-19/h3-4,19H,5-6H2,1-2H3,(H,16,20). The first kappa shape index (κ1) is 14.3. The maximum atomic E-state index is 12.9. The molecule has 2 heterocycles. The highest BCUT2D eigenvalue weighted by Gasteiger charge is 2.28. The molecule has 0 spiro atoms. The van der Waals surface area contributed by atoms with Crippen LogP contribution in [0.4, 0.5) is 8.78 Å². The van der Waals surface area contributed by atoms with Crippen molar-refractivity contribution >= 4 is 16.9 Å². The molecule has 0 saturated heterocycles. The highest BCUT2D eigenvalue weighted by molar-refractivity contribution is 5.97. The van der Waals surface area contributed by atoms with Gasteiger partial charge < -0.3 is 10.4 Å². The lowest BCUT2D eigenvalue weighted by Crippen LogP contribution is -2.39. The molecular formula is C12H14F2N4O2. The van der Waals surface area contributed by atoms with E-state index in [1.54, 1.807) is 24.7 Å². The van der Waals surface area contributed by atoms with Gasteiger partial charge in [0.1, 0.15) is 6.61 Å². The number of alkyl halides is 2. The maximum Gasteiger partial charge on any atom is 0.287 e. The molecule has 0 fully saturated rings. The van der Waals surface area contributed by atoms with Crippen LogP contribution in [-0.2, 0) is 7.05 Å². The maximum absolute atomic E-state index is 12.9. The largest absolute Gasteiger partial charge is 0.390 e. The number of nitrogens with zero attached hydrogens (tertiary/aromatic N) is 3. The number of aliphatic hydroxyl groups is 1. The summed E-state index contributed by atoms with van der Waals surface area (Å²) in [5.41, 5.74) is 1.48. The van der Waals surface area contributed by atoms with Gasteiger partial charge in [-0.3, -0.25) is 9.48 Å². The first-order valence-corrected chi connectivity index (χ1v) is 5.90. The number of nitrogens with one attached hydrogen (secondary N) is 1. The van der Waals surface area contributed by atoms with Crippen LogP contribution in [0.5, 0.6) is 0 Å². The number of pyridine rings is 1. The lowest BCUT2D eigenvalue weighted by atomic mass is 10.2. The Morgan fingerprint density at radius 1 is 1.55 bits per heavy atom. The molecule has 0 bridgehead atoms. The fourth-order valence-electron chi connectivity index (χ4n) is 1.80. The number of carbonyl (C=O) groups is 1. The van der Waals surface area contributed by atoms with Gasteiger partial charge in [0, 0.05) is 18.6 Å². The van der Waals surface area contributed by atoms with E-state index in [1.807, 2.05) is 0 Å². The van der Waals surface area contributed by atoms with Gasteiger partial charge in [0.15, 0.2) is 5.65 Å². The van der Waals surface area contributed by atoms with Gasteiger partial charge in [0.2, 0.25) is 0 Å². The molecule has 0 atom stereocenters. The smallest absolute Gasteiger partial charge is 0.287 e. The Bertz CT molecular complexity index is 654. The van der Waals surface area contributed by atoms with Crippen LogP contribution in [-0.4, -0.2) is 44.9 Å². The monoisotopic (exact) mass is 284 g/mol. The molecule has 108 valence electrons. The van der Waals surface area contributed by atoms with Crippen molar-refractivity contribution in [2.24, 2.45) is 7.05 Å². The molecule has 2 aromatic heterocycles. The normalized spacial score (nSPS) is 11.8. The third-order valence-corrected chi connectivity index (χ3v) is 2.86. The summed E-state index contributed by atoms with van der Waals surface area (Å²) in [4.78, 5) is 15.9. The van der Waals surface area contributed by atoms with Gasteiger partial charge >= 0.3 is 0 Å². The lowest BCUT2D eigenvalue weighted by Gasteiger charge is -2.13. The zero-order valence-corrected chi connectivity index (χ0v) is 11.0. The second kappa shape index (κ2) is 5.12. The summed E-state index contributed by atoms with van der Waals surface area (Å²) >= 11 is 0. The van der Waals surface area contributed by atoms with Gasteiger partial charge in [0.05, 0.1) is 17.8 Å². The second-order valence-electron chi connectivity index (χ2n) is 4.50. The van der Waals surface area contributed by atoms with E-state index in [2.05, 4.69) is 15.4 Å². The second-order valence-corrected chi connectivity index (χ2v) is 4.50. The van der Waals surface area contributed by atoms with Crippen molar-refractivity contribution in [1.29, 1.82) is 0 Å². The van der Waals surface area contributed by atoms with E-state index in [0.717, 1.165) is 0 Å². The number of hydrogen-bond donors (Lipinski definition) is 2. The Morgan fingerprint density at radius 2 is 2.25 bits per heavy atom. The summed E-state index contributed by atoms with van der Waals surface area (Å²) in [6, 6.07) is 1.55. The van der Waals surface area contributed by atoms with Crippen LogP contribution in [0.25, 0.3) is 11.0 Å². The average Bonchev–Trinajstić information content (AvgIpc) is 2.71. The Balaban J connectivity index is 2.21. The highest BCUT2D eigenvalue weighted by atomic mass is 19.3. The molecule has 0 radical (unpaired) electrons. The summed E-state index contributed by atoms with van der Waals surface area (Å²) in [6.45, 7) is -0.468. The molecule has 20 heavy (non-hydrogen) atoms. The molecule has 2 aromatic rings. The average molecular weight is 284 g/mol. The van der Waals surface area contributed by atoms with Crippen molar-refractivity contribution in [2.75, 3.05) is 13.2 Å². The van der Waals surface area contributed by atoms with Crippen LogP contribution in [0.2, 0.25) is 0 Å². The van der Waals surface area contributed by atoms with Crippen LogP contribution in [0.3, 0.4) is 0 Å². The predicted octanol–water partition coefficient (Wildman–Crippen LogP) is 0.634. The van der Waals surface area contributed by atoms with E-state index in [0.29, 0.717) is 16.7 Å². The van der Waals surface area contributed by atoms with Crippen LogP contribution in [0.15, 0.2) is 12.3 Å². The summed E-state index contributed by atoms with van der Waals surface area (Å²) in [5, 5.41) is 15.3. The van der Waals surface area contributed by atoms with Crippen molar-refractivity contribution in [3.63, 3.8) is 0 Å². The Labute approximate surface area is 113 Å². The van der Waals surface area contributed by atoms with Gasteiger partial charge in [-0.2, -0.15) is 5.10 Å². The third kappa shape index (κ3) is 2.74. The molecule has 2 N–H and O–H groups in total. The van der Waals surface area contributed by atoms with Crippen molar-refractivity contribution < 1.29 is 18.7 Å². The molecule has 6 nitrogen and oxygen atoms in total. The number of carbonyl (C=O) groups excluding carboxylic acids is 1. The Kier molecular flexibility index (Phi) is 3.67. The molecule has 8 heteroatoms. The van der Waals surface area contributed by atoms with E-state index >= 15 is 0 Å². The molecule has 0 aliphatic rings. The number of hydrogen-bond acceptors (Lipinski definition) is 4. The molecule has 0 aliphatic carbocycles. The Hall–Kier alpha value is -2.09. The van der Waals surface area contributed by atoms with E-state index < -0.39 is 25.0 Å². The van der Waals surface area contributed by atoms with Crippen molar-refractivity contribution in [1.82, 2.24) is 20.1 Å². The molecule has 0 aromatic carbocycles. The lowest BCUT2D eigenvalue weighted by molar-refractivity contribution is -0.0462. The quantitative estimate of drug-likeness (QED) is 0.863. The van der Waals surface area contributed by atoms with Crippen molar-refractivity contribution in [3.8, 4) is 0 Å². The Morgan fingerprint density at radius 3 is 2.90 bits per heavy atom. The van der Waals surface area contributed by atoms with Crippen LogP contribution in [0, 0.1) is 6.92 Å². The van der Waals surface area contributed by atoms with E-state index in [1.165, 1.54) is 6.20 Å². The molecule has 0 aliphatic heterocycles. The first-order valence-electron chi connectivity index (χ1n) is 5.90. The number of fused-ring (bicyclic) bond motifs is 1. The van der Waals surface area contributed by atoms with Gasteiger partial charge in [0.25, 0.3) is 11.8 Å². The number of aliphatic hydroxyl groups excluding tert-OH is 1. The van der Waals surface area contributed by atoms with Gasteiger partial charge in [-0.15, -0.1) is 0 Å². The number of halogens is 2. The molecule has 0 unspecified atom stereocenters. The third-order valence-electron chi connectivity index (χ3n) is 2.86. The van der Waals surface area contributed by atoms with Crippen molar-refractivity contribution in [3.05, 3.63) is 23.5 Å². The summed E-state index contributed by atoms with van der Waals surface area (Å²) in [5.74, 6) is -4.01. The molecule has 0 saturated carbocycles. The molecular weight excluding hydrogens is 270 g/mol. The predicted molar refractivity (Wildman–Crippen MR) is 67.6 cm³/mol. The van der Waals surface area contributed by atoms with E-state index in [9.17, 15) is 13.6 Å². The first-order chi connectivity index (χ1) is 9.34. The fourth-order valence-corrected chi connectivity index (χ4v) is 1.80. The summed E-state index contributed by atoms with van der Waals surface area (Å²) < 4.78 is 27.3. The zero-order chi connectivity index (χ0) is 14.9. The number of aryl methyl sites for hydroxylation is 2. The fraction of sp³-hybridized carbons (Fsp3) is 0.417. The van der Waals surface area contributed by atoms with E-state index in [-0.39, 0.29) is 5.56 Å². The zero-order valence-electron chi connectivity index (χ0n) is 11.0. The van der Waals surface area contributed by atoms with Crippen molar-refractivity contribution in [2.45, 2.75) is 12.8 Å². The van der Waals surface area contributed by atoms with Gasteiger partial charge in [-0.1, -0.05) is 0 Å². The van der Waals surface area contributed by atoms with Crippen LogP contribution >= 0.6 is 0 Å². The van der Waals surface area contributed by atoms with E-state index in [4.69, 9.17) is 5.11 Å². The molecule has 2 rings (SSSR count). The van der Waals surface area contributed by atoms with Gasteiger partial charge in [-0.05, 0) is 13.0 Å². The van der Waals surface area contributed by atoms with Gasteiger partial charge in [-0.25, -0.2) is 13.8 Å². The van der Waals surface area contributed by atoms with Crippen LogP contribution in [0.1, 0.15) is 16.1 Å². The number of aromatic nitrogens is 3. The minimum absolute atomic E-state index is 0.169. The van der Waals surface area contributed by atoms with Crippen LogP contribution < -0.4 is 5.32 Å².